The minimum absolute atomic E-state index is 0.0111. The molecule has 3 aromatic carbocycles. The van der Waals surface area contributed by atoms with E-state index in [9.17, 15) is 4.79 Å². The number of fused-ring (bicyclic) bond motifs is 2. The zero-order chi connectivity index (χ0) is 22.4. The van der Waals surface area contributed by atoms with Crippen LogP contribution in [0.15, 0.2) is 54.6 Å². The molecule has 0 radical (unpaired) electrons. The second-order valence-corrected chi connectivity index (χ2v) is 8.47. The van der Waals surface area contributed by atoms with Crippen molar-refractivity contribution in [2.45, 2.75) is 12.5 Å². The molecule has 4 aromatic rings. The van der Waals surface area contributed by atoms with Crippen molar-refractivity contribution in [3.63, 3.8) is 0 Å². The van der Waals surface area contributed by atoms with Crippen molar-refractivity contribution in [3.8, 4) is 16.9 Å². The fourth-order valence-electron chi connectivity index (χ4n) is 4.61. The molecule has 8 nitrogen and oxygen atoms in total. The maximum absolute atomic E-state index is 13.2. The maximum Gasteiger partial charge on any atom is 0.254 e. The van der Waals surface area contributed by atoms with Crippen molar-refractivity contribution in [2.75, 3.05) is 26.3 Å². The summed E-state index contributed by atoms with van der Waals surface area (Å²) in [5, 5.41) is 13.7. The average molecular weight is 441 g/mol. The second-order valence-electron chi connectivity index (χ2n) is 8.47. The number of aromatic nitrogens is 4. The molecule has 1 aromatic heterocycles. The van der Waals surface area contributed by atoms with Gasteiger partial charge in [-0.05, 0) is 68.2 Å². The fourth-order valence-corrected chi connectivity index (χ4v) is 4.61. The Balaban J connectivity index is 1.24. The molecule has 0 bridgehead atoms. The van der Waals surface area contributed by atoms with Gasteiger partial charge < -0.3 is 14.4 Å². The van der Waals surface area contributed by atoms with Crippen molar-refractivity contribution < 1.29 is 14.3 Å². The van der Waals surface area contributed by atoms with E-state index in [-0.39, 0.29) is 12.0 Å². The lowest BCUT2D eigenvalue weighted by Gasteiger charge is -2.32. The minimum atomic E-state index is -0.330. The topological polar surface area (TPSA) is 82.4 Å². The molecule has 33 heavy (non-hydrogen) atoms. The van der Waals surface area contributed by atoms with Gasteiger partial charge in [-0.3, -0.25) is 4.79 Å². The predicted octanol–water partition coefficient (Wildman–Crippen LogP) is 3.18. The van der Waals surface area contributed by atoms with Crippen LogP contribution in [0.1, 0.15) is 27.8 Å². The highest BCUT2D eigenvalue weighted by Crippen LogP contribution is 2.32. The summed E-state index contributed by atoms with van der Waals surface area (Å²) in [7, 11) is 1.77. The third-order valence-corrected chi connectivity index (χ3v) is 6.40. The van der Waals surface area contributed by atoms with Gasteiger partial charge in [-0.15, -0.1) is 5.10 Å². The van der Waals surface area contributed by atoms with Crippen LogP contribution >= 0.6 is 0 Å². The van der Waals surface area contributed by atoms with E-state index in [1.165, 1.54) is 11.1 Å². The molecule has 1 unspecified atom stereocenters. The molecule has 0 spiro atoms. The van der Waals surface area contributed by atoms with E-state index in [1.54, 1.807) is 11.7 Å². The monoisotopic (exact) mass is 441 g/mol. The maximum atomic E-state index is 13.2. The van der Waals surface area contributed by atoms with Crippen molar-refractivity contribution in [3.05, 3.63) is 71.5 Å². The molecule has 2 aliphatic heterocycles. The summed E-state index contributed by atoms with van der Waals surface area (Å²) >= 11 is 0. The van der Waals surface area contributed by atoms with Crippen molar-refractivity contribution in [1.82, 2.24) is 25.1 Å². The first-order chi connectivity index (χ1) is 16.2. The normalized spacial score (nSPS) is 17.7. The first-order valence-corrected chi connectivity index (χ1v) is 11.1. The molecule has 1 atom stereocenters. The van der Waals surface area contributed by atoms with Gasteiger partial charge in [0.15, 0.2) is 5.82 Å². The standard InChI is InChI=1S/C25H23N5O3/c1-29-24(26-27-28-29)23-15-30(9-11-33-23)25(31)21-5-4-17-12-16(2-3-18(17)14-21)19-6-7-22-20(13-19)8-10-32-22/h2-7,12-14,23H,8-11,15H2,1H3. The summed E-state index contributed by atoms with van der Waals surface area (Å²) in [5.41, 5.74) is 4.26. The number of ether oxygens (including phenoxy) is 2. The number of tetrazole rings is 1. The molecule has 6 rings (SSSR count). The highest BCUT2D eigenvalue weighted by Gasteiger charge is 2.29. The molecule has 8 heteroatoms. The van der Waals surface area contributed by atoms with Gasteiger partial charge in [0, 0.05) is 25.6 Å². The molecule has 0 N–H and O–H groups in total. The predicted molar refractivity (Wildman–Crippen MR) is 122 cm³/mol. The van der Waals surface area contributed by atoms with Gasteiger partial charge in [0.25, 0.3) is 5.91 Å². The smallest absolute Gasteiger partial charge is 0.254 e. The quantitative estimate of drug-likeness (QED) is 0.486. The van der Waals surface area contributed by atoms with Gasteiger partial charge in [0.2, 0.25) is 0 Å². The number of rotatable bonds is 3. The Labute approximate surface area is 190 Å². The summed E-state index contributed by atoms with van der Waals surface area (Å²) < 4.78 is 13.0. The first kappa shape index (κ1) is 19.9. The zero-order valence-corrected chi connectivity index (χ0v) is 18.3. The van der Waals surface area contributed by atoms with E-state index < -0.39 is 0 Å². The van der Waals surface area contributed by atoms with Crippen LogP contribution in [0.25, 0.3) is 21.9 Å². The summed E-state index contributed by atoms with van der Waals surface area (Å²) in [6, 6.07) is 18.6. The molecular formula is C25H23N5O3. The van der Waals surface area contributed by atoms with E-state index in [0.717, 1.165) is 35.1 Å². The van der Waals surface area contributed by atoms with Gasteiger partial charge in [-0.1, -0.05) is 24.3 Å². The van der Waals surface area contributed by atoms with Gasteiger partial charge in [0.1, 0.15) is 11.9 Å². The number of nitrogens with zero attached hydrogens (tertiary/aromatic N) is 5. The lowest BCUT2D eigenvalue weighted by Crippen LogP contribution is -2.42. The Morgan fingerprint density at radius 3 is 2.70 bits per heavy atom. The van der Waals surface area contributed by atoms with Gasteiger partial charge in [-0.2, -0.15) is 0 Å². The van der Waals surface area contributed by atoms with Crippen molar-refractivity contribution in [1.29, 1.82) is 0 Å². The number of aryl methyl sites for hydroxylation is 1. The lowest BCUT2D eigenvalue weighted by atomic mass is 9.98. The number of hydrogen-bond donors (Lipinski definition) is 0. The number of carbonyl (C=O) groups excluding carboxylic acids is 1. The van der Waals surface area contributed by atoms with Crippen molar-refractivity contribution >= 4 is 16.7 Å². The number of hydrogen-bond acceptors (Lipinski definition) is 6. The molecule has 0 saturated carbocycles. The Morgan fingerprint density at radius 2 is 1.82 bits per heavy atom. The van der Waals surface area contributed by atoms with Crippen LogP contribution in [0.4, 0.5) is 0 Å². The van der Waals surface area contributed by atoms with Crippen LogP contribution in [0, 0.1) is 0 Å². The largest absolute Gasteiger partial charge is 0.493 e. The Kier molecular flexibility index (Phi) is 4.80. The average Bonchev–Trinajstić information content (AvgIpc) is 3.51. The summed E-state index contributed by atoms with van der Waals surface area (Å²) in [6.45, 7) is 2.17. The molecule has 1 saturated heterocycles. The highest BCUT2D eigenvalue weighted by molar-refractivity contribution is 5.99. The highest BCUT2D eigenvalue weighted by atomic mass is 16.5. The van der Waals surface area contributed by atoms with Gasteiger partial charge in [0.05, 0.1) is 19.8 Å². The molecule has 2 aliphatic rings. The summed E-state index contributed by atoms with van der Waals surface area (Å²) in [6.07, 6.45) is 0.626. The van der Waals surface area contributed by atoms with E-state index in [0.29, 0.717) is 31.1 Å². The van der Waals surface area contributed by atoms with Crippen LogP contribution in [-0.4, -0.2) is 57.3 Å². The third kappa shape index (κ3) is 3.62. The molecule has 0 aliphatic carbocycles. The SMILES string of the molecule is Cn1nnnc1C1CN(C(=O)c2ccc3cc(-c4ccc5c(c4)CCO5)ccc3c2)CCO1. The zero-order valence-electron chi connectivity index (χ0n) is 18.3. The summed E-state index contributed by atoms with van der Waals surface area (Å²) in [5.74, 6) is 1.60. The molecule has 1 amide bonds. The Bertz CT molecular complexity index is 1370. The number of carbonyl (C=O) groups is 1. The van der Waals surface area contributed by atoms with Gasteiger partial charge >= 0.3 is 0 Å². The van der Waals surface area contributed by atoms with Crippen LogP contribution < -0.4 is 4.74 Å². The number of amides is 1. The minimum Gasteiger partial charge on any atom is -0.493 e. The lowest BCUT2D eigenvalue weighted by molar-refractivity contribution is -0.0284. The van der Waals surface area contributed by atoms with Crippen LogP contribution in [0.2, 0.25) is 0 Å². The number of benzene rings is 3. The first-order valence-electron chi connectivity index (χ1n) is 11.1. The van der Waals surface area contributed by atoms with E-state index in [4.69, 9.17) is 9.47 Å². The third-order valence-electron chi connectivity index (χ3n) is 6.40. The fraction of sp³-hybridized carbons (Fsp3) is 0.280. The second kappa shape index (κ2) is 7.97. The van der Waals surface area contributed by atoms with Crippen LogP contribution in [0.5, 0.6) is 5.75 Å². The molecular weight excluding hydrogens is 418 g/mol. The van der Waals surface area contributed by atoms with Gasteiger partial charge in [-0.25, -0.2) is 4.68 Å². The number of morpholine rings is 1. The van der Waals surface area contributed by atoms with E-state index in [1.807, 2.05) is 23.1 Å². The molecule has 3 heterocycles. The van der Waals surface area contributed by atoms with Crippen LogP contribution in [-0.2, 0) is 18.2 Å². The van der Waals surface area contributed by atoms with Crippen LogP contribution in [0.3, 0.4) is 0 Å². The van der Waals surface area contributed by atoms with Crippen molar-refractivity contribution in [2.24, 2.45) is 7.05 Å². The van der Waals surface area contributed by atoms with E-state index in [2.05, 4.69) is 51.9 Å². The molecule has 166 valence electrons. The van der Waals surface area contributed by atoms with E-state index >= 15 is 0 Å². The molecule has 1 fully saturated rings. The Hall–Kier alpha value is -3.78. The Morgan fingerprint density at radius 1 is 1.00 bits per heavy atom. The summed E-state index contributed by atoms with van der Waals surface area (Å²) in [4.78, 5) is 15.1.